The number of ether oxygens (including phenoxy) is 1. The molecule has 1 aliphatic heterocycles. The van der Waals surface area contributed by atoms with Crippen LogP contribution in [-0.4, -0.2) is 17.7 Å². The van der Waals surface area contributed by atoms with Crippen molar-refractivity contribution in [2.75, 3.05) is 6.61 Å². The van der Waals surface area contributed by atoms with Gasteiger partial charge in [-0.2, -0.15) is 0 Å². The van der Waals surface area contributed by atoms with Crippen molar-refractivity contribution in [3.8, 4) is 0 Å². The van der Waals surface area contributed by atoms with Crippen LogP contribution < -0.4 is 0 Å². The van der Waals surface area contributed by atoms with Crippen LogP contribution >= 0.6 is 0 Å². The highest BCUT2D eigenvalue weighted by Gasteiger charge is 2.07. The number of aliphatic hydroxyl groups is 1. The minimum atomic E-state index is -0.240. The lowest BCUT2D eigenvalue weighted by molar-refractivity contribution is -0.142. The first-order valence-corrected chi connectivity index (χ1v) is 2.82. The van der Waals surface area contributed by atoms with Crippen LogP contribution in [0.3, 0.4) is 0 Å². The molecule has 1 heterocycles. The molecule has 50 valence electrons. The monoisotopic (exact) mass is 128 g/mol. The standard InChI is InChI=1S/C6H8O3/c7-5-1-2-6(8)9-4-3-5/h3,7H,1-2,4H2. The Morgan fingerprint density at radius 3 is 3.11 bits per heavy atom. The van der Waals surface area contributed by atoms with E-state index in [9.17, 15) is 4.79 Å². The van der Waals surface area contributed by atoms with Gasteiger partial charge in [-0.15, -0.1) is 0 Å². The normalized spacial score (nSPS) is 20.0. The summed E-state index contributed by atoms with van der Waals surface area (Å²) < 4.78 is 4.60. The molecule has 0 aliphatic carbocycles. The summed E-state index contributed by atoms with van der Waals surface area (Å²) in [5.74, 6) is 0.0103. The summed E-state index contributed by atoms with van der Waals surface area (Å²) in [5, 5.41) is 8.84. The summed E-state index contributed by atoms with van der Waals surface area (Å²) in [4.78, 5) is 10.5. The van der Waals surface area contributed by atoms with Gasteiger partial charge in [-0.25, -0.2) is 0 Å². The maximum absolute atomic E-state index is 10.5. The number of carbonyl (C=O) groups is 1. The Morgan fingerprint density at radius 1 is 1.56 bits per heavy atom. The zero-order valence-corrected chi connectivity index (χ0v) is 4.96. The van der Waals surface area contributed by atoms with E-state index in [-0.39, 0.29) is 18.3 Å². The second-order valence-electron chi connectivity index (χ2n) is 1.88. The van der Waals surface area contributed by atoms with Crippen molar-refractivity contribution in [1.82, 2.24) is 0 Å². The van der Waals surface area contributed by atoms with Crippen molar-refractivity contribution in [1.29, 1.82) is 0 Å². The predicted molar refractivity (Wildman–Crippen MR) is 30.9 cm³/mol. The average molecular weight is 128 g/mol. The highest BCUT2D eigenvalue weighted by Crippen LogP contribution is 2.06. The topological polar surface area (TPSA) is 46.5 Å². The van der Waals surface area contributed by atoms with E-state index in [0.29, 0.717) is 12.8 Å². The minimum absolute atomic E-state index is 0.213. The fourth-order valence-electron chi connectivity index (χ4n) is 0.635. The predicted octanol–water partition coefficient (Wildman–Crippen LogP) is 0.765. The number of allylic oxidation sites excluding steroid dienone is 1. The molecule has 0 unspecified atom stereocenters. The molecule has 0 spiro atoms. The van der Waals surface area contributed by atoms with Crippen LogP contribution in [0.4, 0.5) is 0 Å². The molecule has 3 nitrogen and oxygen atoms in total. The summed E-state index contributed by atoms with van der Waals surface area (Å²) in [5.41, 5.74) is 0. The molecule has 0 aromatic heterocycles. The molecule has 0 radical (unpaired) electrons. The lowest BCUT2D eigenvalue weighted by Crippen LogP contribution is -2.00. The molecule has 1 N–H and O–H groups in total. The van der Waals surface area contributed by atoms with E-state index < -0.39 is 0 Å². The van der Waals surface area contributed by atoms with Crippen molar-refractivity contribution in [2.24, 2.45) is 0 Å². The van der Waals surface area contributed by atoms with Crippen molar-refractivity contribution in [2.45, 2.75) is 12.8 Å². The zero-order valence-electron chi connectivity index (χ0n) is 4.96. The number of hydrogen-bond donors (Lipinski definition) is 1. The first-order valence-electron chi connectivity index (χ1n) is 2.82. The number of rotatable bonds is 0. The number of aliphatic hydroxyl groups excluding tert-OH is 1. The molecule has 0 amide bonds. The third-order valence-corrected chi connectivity index (χ3v) is 1.15. The molecule has 0 saturated carbocycles. The molecule has 0 aromatic rings. The van der Waals surface area contributed by atoms with E-state index in [1.165, 1.54) is 6.08 Å². The SMILES string of the molecule is O=C1CCC(O)=CCO1. The fraction of sp³-hybridized carbons (Fsp3) is 0.500. The highest BCUT2D eigenvalue weighted by atomic mass is 16.5. The van der Waals surface area contributed by atoms with E-state index in [4.69, 9.17) is 5.11 Å². The van der Waals surface area contributed by atoms with E-state index >= 15 is 0 Å². The summed E-state index contributed by atoms with van der Waals surface area (Å²) in [6.45, 7) is 0.213. The maximum atomic E-state index is 10.5. The number of cyclic esters (lactones) is 1. The second-order valence-corrected chi connectivity index (χ2v) is 1.88. The Kier molecular flexibility index (Phi) is 1.72. The smallest absolute Gasteiger partial charge is 0.306 e. The van der Waals surface area contributed by atoms with Crippen LogP contribution in [0.15, 0.2) is 11.8 Å². The third kappa shape index (κ3) is 1.76. The fourth-order valence-corrected chi connectivity index (χ4v) is 0.635. The van der Waals surface area contributed by atoms with Crippen LogP contribution in [0.25, 0.3) is 0 Å². The van der Waals surface area contributed by atoms with Crippen LogP contribution in [-0.2, 0) is 9.53 Å². The van der Waals surface area contributed by atoms with Gasteiger partial charge in [0.2, 0.25) is 0 Å². The lowest BCUT2D eigenvalue weighted by atomic mass is 10.3. The molecule has 3 heteroatoms. The van der Waals surface area contributed by atoms with E-state index in [0.717, 1.165) is 0 Å². The molecule has 0 fully saturated rings. The van der Waals surface area contributed by atoms with E-state index in [2.05, 4.69) is 4.74 Å². The van der Waals surface area contributed by atoms with Gasteiger partial charge in [0.1, 0.15) is 6.61 Å². The lowest BCUT2D eigenvalue weighted by Gasteiger charge is -1.93. The molecule has 0 saturated heterocycles. The highest BCUT2D eigenvalue weighted by molar-refractivity contribution is 5.70. The Bertz CT molecular complexity index is 148. The quantitative estimate of drug-likeness (QED) is 0.490. The van der Waals surface area contributed by atoms with Gasteiger partial charge < -0.3 is 9.84 Å². The van der Waals surface area contributed by atoms with Gasteiger partial charge in [0.15, 0.2) is 0 Å². The molecule has 1 rings (SSSR count). The second kappa shape index (κ2) is 2.53. The van der Waals surface area contributed by atoms with Crippen molar-refractivity contribution < 1.29 is 14.6 Å². The van der Waals surface area contributed by atoms with Crippen LogP contribution in [0, 0.1) is 0 Å². The van der Waals surface area contributed by atoms with Gasteiger partial charge in [0.05, 0.1) is 12.2 Å². The van der Waals surface area contributed by atoms with Crippen LogP contribution in [0.2, 0.25) is 0 Å². The molecule has 0 atom stereocenters. The first kappa shape index (κ1) is 6.13. The Labute approximate surface area is 52.9 Å². The summed E-state index contributed by atoms with van der Waals surface area (Å²) in [7, 11) is 0. The Hall–Kier alpha value is -0.990. The van der Waals surface area contributed by atoms with Crippen molar-refractivity contribution in [3.05, 3.63) is 11.8 Å². The third-order valence-electron chi connectivity index (χ3n) is 1.15. The van der Waals surface area contributed by atoms with Gasteiger partial charge >= 0.3 is 5.97 Å². The van der Waals surface area contributed by atoms with Crippen LogP contribution in [0.1, 0.15) is 12.8 Å². The summed E-state index contributed by atoms with van der Waals surface area (Å²) in [6, 6.07) is 0. The van der Waals surface area contributed by atoms with Gasteiger partial charge in [-0.3, -0.25) is 4.79 Å². The molecular weight excluding hydrogens is 120 g/mol. The maximum Gasteiger partial charge on any atom is 0.306 e. The molecule has 0 aromatic carbocycles. The van der Waals surface area contributed by atoms with Crippen molar-refractivity contribution >= 4 is 5.97 Å². The molecule has 0 bridgehead atoms. The van der Waals surface area contributed by atoms with Gasteiger partial charge in [0, 0.05) is 6.42 Å². The molecule has 1 aliphatic rings. The minimum Gasteiger partial charge on any atom is -0.513 e. The largest absolute Gasteiger partial charge is 0.513 e. The Balaban J connectivity index is 2.48. The summed E-state index contributed by atoms with van der Waals surface area (Å²) in [6.07, 6.45) is 2.21. The van der Waals surface area contributed by atoms with Crippen molar-refractivity contribution in [3.63, 3.8) is 0 Å². The van der Waals surface area contributed by atoms with E-state index in [1.54, 1.807) is 0 Å². The zero-order chi connectivity index (χ0) is 6.69. The number of hydrogen-bond acceptors (Lipinski definition) is 3. The van der Waals surface area contributed by atoms with Crippen LogP contribution in [0.5, 0.6) is 0 Å². The molecule has 9 heavy (non-hydrogen) atoms. The van der Waals surface area contributed by atoms with Gasteiger partial charge in [-0.1, -0.05) is 0 Å². The van der Waals surface area contributed by atoms with E-state index in [1.807, 2.05) is 0 Å². The number of carbonyl (C=O) groups excluding carboxylic acids is 1. The van der Waals surface area contributed by atoms with Gasteiger partial charge in [0.25, 0.3) is 0 Å². The summed E-state index contributed by atoms with van der Waals surface area (Å²) >= 11 is 0. The molecular formula is C6H8O3. The van der Waals surface area contributed by atoms with Gasteiger partial charge in [-0.05, 0) is 6.08 Å². The first-order chi connectivity index (χ1) is 4.29. The number of esters is 1. The Morgan fingerprint density at radius 2 is 2.33 bits per heavy atom. The average Bonchev–Trinajstić information content (AvgIpc) is 1.97.